The van der Waals surface area contributed by atoms with Crippen LogP contribution in [0.15, 0.2) is 65.6 Å². The molecule has 0 atom stereocenters. The number of nitrogens with zero attached hydrogens (tertiary/aromatic N) is 2. The zero-order chi connectivity index (χ0) is 26.9. The first-order valence-corrected chi connectivity index (χ1v) is 14.2. The number of carbonyl (C=O) groups excluding carboxylic acids is 1. The van der Waals surface area contributed by atoms with Crippen molar-refractivity contribution in [3.05, 3.63) is 76.8 Å². The second kappa shape index (κ2) is 10.9. The Kier molecular flexibility index (Phi) is 7.54. The SMILES string of the molecule is Cc1ccc(S(=O)(=O)OCc2ccc(Cl)c(-c3ccc4[nH]nc(NC(=O)C5CCN(C)CC5)c4c3)c2)cc1. The maximum Gasteiger partial charge on any atom is 0.297 e. The third-order valence-corrected chi connectivity index (χ3v) is 8.53. The van der Waals surface area contributed by atoms with Gasteiger partial charge in [-0.05, 0) is 87.4 Å². The van der Waals surface area contributed by atoms with E-state index in [1.54, 1.807) is 24.3 Å². The topological polar surface area (TPSA) is 104 Å². The normalized spacial score (nSPS) is 15.1. The first-order valence-electron chi connectivity index (χ1n) is 12.4. The molecule has 0 spiro atoms. The van der Waals surface area contributed by atoms with Crippen molar-refractivity contribution in [2.24, 2.45) is 5.92 Å². The summed E-state index contributed by atoms with van der Waals surface area (Å²) in [6.45, 7) is 3.55. The fourth-order valence-electron chi connectivity index (χ4n) is 4.57. The van der Waals surface area contributed by atoms with Crippen LogP contribution in [0.4, 0.5) is 5.82 Å². The van der Waals surface area contributed by atoms with E-state index in [9.17, 15) is 13.2 Å². The summed E-state index contributed by atoms with van der Waals surface area (Å²) in [5.41, 5.74) is 3.93. The van der Waals surface area contributed by atoms with Gasteiger partial charge >= 0.3 is 0 Å². The van der Waals surface area contributed by atoms with Crippen LogP contribution < -0.4 is 5.32 Å². The van der Waals surface area contributed by atoms with E-state index >= 15 is 0 Å². The summed E-state index contributed by atoms with van der Waals surface area (Å²) < 4.78 is 30.6. The second-order valence-corrected chi connectivity index (χ2v) is 11.8. The summed E-state index contributed by atoms with van der Waals surface area (Å²) in [6.07, 6.45) is 1.64. The lowest BCUT2D eigenvalue weighted by Crippen LogP contribution is -2.36. The first kappa shape index (κ1) is 26.4. The largest absolute Gasteiger partial charge is 0.308 e. The van der Waals surface area contributed by atoms with Gasteiger partial charge in [-0.1, -0.05) is 41.4 Å². The Morgan fingerprint density at radius 2 is 1.84 bits per heavy atom. The minimum absolute atomic E-state index is 0.0242. The molecule has 8 nitrogen and oxygen atoms in total. The van der Waals surface area contributed by atoms with Crippen molar-refractivity contribution in [3.8, 4) is 11.1 Å². The molecule has 0 unspecified atom stereocenters. The molecule has 1 amide bonds. The molecule has 1 saturated heterocycles. The first-order chi connectivity index (χ1) is 18.2. The van der Waals surface area contributed by atoms with Gasteiger partial charge < -0.3 is 10.2 Å². The molecule has 1 aromatic heterocycles. The number of benzene rings is 3. The lowest BCUT2D eigenvalue weighted by Gasteiger charge is -2.27. The number of aromatic amines is 1. The predicted octanol–water partition coefficient (Wildman–Crippen LogP) is 5.38. The Morgan fingerprint density at radius 1 is 1.11 bits per heavy atom. The van der Waals surface area contributed by atoms with Crippen LogP contribution in [0.2, 0.25) is 5.02 Å². The number of piperidine rings is 1. The van der Waals surface area contributed by atoms with Gasteiger partial charge in [0.15, 0.2) is 5.82 Å². The number of carbonyl (C=O) groups is 1. The quantitative estimate of drug-likeness (QED) is 0.298. The van der Waals surface area contributed by atoms with E-state index in [-0.39, 0.29) is 23.3 Å². The summed E-state index contributed by atoms with van der Waals surface area (Å²) in [7, 11) is -1.84. The maximum absolute atomic E-state index is 12.9. The minimum atomic E-state index is -3.90. The zero-order valence-corrected chi connectivity index (χ0v) is 22.8. The molecule has 0 saturated carbocycles. The van der Waals surface area contributed by atoms with E-state index in [2.05, 4.69) is 27.5 Å². The van der Waals surface area contributed by atoms with Crippen LogP contribution in [0, 0.1) is 12.8 Å². The molecule has 0 aliphatic carbocycles. The van der Waals surface area contributed by atoms with Crippen LogP contribution in [0.3, 0.4) is 0 Å². The standard InChI is InChI=1S/C28H29ClN4O4S/c1-18-3-7-22(8-4-18)38(35,36)37-17-19-5-9-25(29)23(15-19)21-6-10-26-24(16-21)27(32-31-26)30-28(34)20-11-13-33(2)14-12-20/h3-10,15-16,20H,11-14,17H2,1-2H3,(H2,30,31,32,34). The number of likely N-dealkylation sites (tertiary alicyclic amines) is 1. The number of hydrogen-bond acceptors (Lipinski definition) is 6. The molecule has 1 fully saturated rings. The highest BCUT2D eigenvalue weighted by molar-refractivity contribution is 7.86. The smallest absolute Gasteiger partial charge is 0.297 e. The fourth-order valence-corrected chi connectivity index (χ4v) is 5.69. The average molecular weight is 553 g/mol. The van der Waals surface area contributed by atoms with Crippen molar-refractivity contribution >= 4 is 44.3 Å². The third kappa shape index (κ3) is 5.76. The van der Waals surface area contributed by atoms with Crippen molar-refractivity contribution in [1.29, 1.82) is 0 Å². The van der Waals surface area contributed by atoms with E-state index in [0.29, 0.717) is 16.4 Å². The number of aromatic nitrogens is 2. The number of hydrogen-bond donors (Lipinski definition) is 2. The van der Waals surface area contributed by atoms with Gasteiger partial charge in [0.1, 0.15) is 0 Å². The molecule has 1 aliphatic heterocycles. The predicted molar refractivity (Wildman–Crippen MR) is 149 cm³/mol. The summed E-state index contributed by atoms with van der Waals surface area (Å²) in [5.74, 6) is 0.415. The number of fused-ring (bicyclic) bond motifs is 1. The summed E-state index contributed by atoms with van der Waals surface area (Å²) in [5, 5.41) is 11.6. The highest BCUT2D eigenvalue weighted by Crippen LogP contribution is 2.33. The molecule has 3 aromatic carbocycles. The number of rotatable bonds is 7. The monoisotopic (exact) mass is 552 g/mol. The third-order valence-electron chi connectivity index (χ3n) is 6.93. The lowest BCUT2D eigenvalue weighted by atomic mass is 9.96. The van der Waals surface area contributed by atoms with Crippen LogP contribution in [0.1, 0.15) is 24.0 Å². The molecule has 0 radical (unpaired) electrons. The molecule has 1 aliphatic rings. The number of nitrogens with one attached hydrogen (secondary N) is 2. The van der Waals surface area contributed by atoms with Crippen LogP contribution >= 0.6 is 11.6 Å². The lowest BCUT2D eigenvalue weighted by molar-refractivity contribution is -0.121. The van der Waals surface area contributed by atoms with E-state index in [0.717, 1.165) is 53.5 Å². The Labute approximate surface area is 227 Å². The maximum atomic E-state index is 12.9. The minimum Gasteiger partial charge on any atom is -0.308 e. The number of anilines is 1. The van der Waals surface area contributed by atoms with Gasteiger partial charge in [0.05, 0.1) is 17.0 Å². The van der Waals surface area contributed by atoms with E-state index in [1.807, 2.05) is 31.2 Å². The van der Waals surface area contributed by atoms with Gasteiger partial charge in [-0.15, -0.1) is 0 Å². The Morgan fingerprint density at radius 3 is 2.58 bits per heavy atom. The summed E-state index contributed by atoms with van der Waals surface area (Å²) in [4.78, 5) is 15.2. The Balaban J connectivity index is 1.36. The molecule has 2 heterocycles. The second-order valence-electron chi connectivity index (χ2n) is 9.74. The van der Waals surface area contributed by atoms with Gasteiger partial charge in [0, 0.05) is 21.9 Å². The molecule has 4 aromatic rings. The molecule has 38 heavy (non-hydrogen) atoms. The van der Waals surface area contributed by atoms with Crippen molar-refractivity contribution < 1.29 is 17.4 Å². The van der Waals surface area contributed by atoms with E-state index in [1.165, 1.54) is 12.1 Å². The van der Waals surface area contributed by atoms with Crippen LogP contribution in [-0.4, -0.2) is 49.6 Å². The summed E-state index contributed by atoms with van der Waals surface area (Å²) >= 11 is 6.54. The van der Waals surface area contributed by atoms with Crippen molar-refractivity contribution in [1.82, 2.24) is 15.1 Å². The Hall–Kier alpha value is -3.24. The van der Waals surface area contributed by atoms with Crippen LogP contribution in [0.5, 0.6) is 0 Å². The van der Waals surface area contributed by atoms with E-state index < -0.39 is 10.1 Å². The van der Waals surface area contributed by atoms with Gasteiger partial charge in [-0.3, -0.25) is 14.1 Å². The number of amides is 1. The molecular weight excluding hydrogens is 524 g/mol. The number of aryl methyl sites for hydroxylation is 1. The number of halogens is 1. The highest BCUT2D eigenvalue weighted by Gasteiger charge is 2.24. The molecule has 198 valence electrons. The average Bonchev–Trinajstić information content (AvgIpc) is 3.30. The molecule has 2 N–H and O–H groups in total. The van der Waals surface area contributed by atoms with Gasteiger partial charge in [0.2, 0.25) is 5.91 Å². The van der Waals surface area contributed by atoms with Gasteiger partial charge in [0.25, 0.3) is 10.1 Å². The molecular formula is C28H29ClN4O4S. The van der Waals surface area contributed by atoms with Crippen molar-refractivity contribution in [2.75, 3.05) is 25.5 Å². The molecule has 10 heteroatoms. The van der Waals surface area contributed by atoms with E-state index in [4.69, 9.17) is 15.8 Å². The highest BCUT2D eigenvalue weighted by atomic mass is 35.5. The van der Waals surface area contributed by atoms with Crippen molar-refractivity contribution in [2.45, 2.75) is 31.3 Å². The van der Waals surface area contributed by atoms with Gasteiger partial charge in [-0.25, -0.2) is 0 Å². The molecule has 5 rings (SSSR count). The number of H-pyrrole nitrogens is 1. The molecule has 0 bridgehead atoms. The Bertz CT molecular complexity index is 1580. The van der Waals surface area contributed by atoms with Crippen LogP contribution in [0.25, 0.3) is 22.0 Å². The zero-order valence-electron chi connectivity index (χ0n) is 21.2. The van der Waals surface area contributed by atoms with Crippen molar-refractivity contribution in [3.63, 3.8) is 0 Å². The summed E-state index contributed by atoms with van der Waals surface area (Å²) in [6, 6.07) is 17.5. The fraction of sp³-hybridized carbons (Fsp3) is 0.286. The van der Waals surface area contributed by atoms with Gasteiger partial charge in [-0.2, -0.15) is 13.5 Å². The van der Waals surface area contributed by atoms with Crippen LogP contribution in [-0.2, 0) is 25.7 Å².